The summed E-state index contributed by atoms with van der Waals surface area (Å²) < 4.78 is 2.24. The van der Waals surface area contributed by atoms with Gasteiger partial charge in [-0.15, -0.1) is 0 Å². The highest BCUT2D eigenvalue weighted by Crippen LogP contribution is 2.31. The van der Waals surface area contributed by atoms with Crippen molar-refractivity contribution in [2.45, 2.75) is 51.5 Å². The third-order valence-electron chi connectivity index (χ3n) is 7.47. The van der Waals surface area contributed by atoms with E-state index in [1.165, 1.54) is 37.3 Å². The van der Waals surface area contributed by atoms with Crippen molar-refractivity contribution in [3.05, 3.63) is 75.0 Å². The van der Waals surface area contributed by atoms with Crippen LogP contribution < -0.4 is 5.32 Å². The molecule has 4 aromatic rings. The summed E-state index contributed by atoms with van der Waals surface area (Å²) >= 11 is 12.9. The lowest BCUT2D eigenvalue weighted by Crippen LogP contribution is -2.27. The molecule has 2 aromatic heterocycles. The van der Waals surface area contributed by atoms with Crippen LogP contribution in [0.15, 0.2) is 36.4 Å². The van der Waals surface area contributed by atoms with Gasteiger partial charge in [-0.05, 0) is 88.5 Å². The second kappa shape index (κ2) is 10.1. The van der Waals surface area contributed by atoms with Crippen LogP contribution in [-0.2, 0) is 19.3 Å². The second-order valence-corrected chi connectivity index (χ2v) is 10.9. The van der Waals surface area contributed by atoms with E-state index in [0.717, 1.165) is 54.8 Å². The Balaban J connectivity index is 1.22. The number of aryl methyl sites for hydroxylation is 1. The monoisotopic (exact) mass is 536 g/mol. The Kier molecular flexibility index (Phi) is 6.69. The summed E-state index contributed by atoms with van der Waals surface area (Å²) in [6.07, 6.45) is 6.60. The Labute approximate surface area is 226 Å². The zero-order chi connectivity index (χ0) is 25.5. The molecule has 6 rings (SSSR count). The van der Waals surface area contributed by atoms with Gasteiger partial charge in [-0.1, -0.05) is 23.2 Å². The molecule has 2 aromatic carbocycles. The fraction of sp³-hybridized carbons (Fsp3) is 0.393. The molecule has 0 saturated carbocycles. The van der Waals surface area contributed by atoms with E-state index in [1.54, 1.807) is 12.1 Å². The molecule has 192 valence electrons. The lowest BCUT2D eigenvalue weighted by Gasteiger charge is -2.17. The third kappa shape index (κ3) is 4.88. The molecule has 1 fully saturated rings. The molecule has 1 saturated heterocycles. The number of carbonyl (C=O) groups is 1. The molecule has 1 atom stereocenters. The molecule has 0 radical (unpaired) electrons. The minimum Gasteiger partial charge on any atom is -0.342 e. The Morgan fingerprint density at radius 1 is 1.08 bits per heavy atom. The maximum absolute atomic E-state index is 13.1. The molecule has 1 aliphatic heterocycles. The van der Waals surface area contributed by atoms with Crippen LogP contribution in [0.25, 0.3) is 16.7 Å². The summed E-state index contributed by atoms with van der Waals surface area (Å²) in [5.41, 5.74) is 5.50. The van der Waals surface area contributed by atoms with E-state index in [2.05, 4.69) is 24.8 Å². The van der Waals surface area contributed by atoms with Crippen molar-refractivity contribution in [2.75, 3.05) is 19.6 Å². The number of benzene rings is 2. The van der Waals surface area contributed by atoms with E-state index in [4.69, 9.17) is 28.2 Å². The molecular formula is C28H30Cl2N6O. The van der Waals surface area contributed by atoms with Crippen molar-refractivity contribution in [1.82, 2.24) is 29.7 Å². The molecule has 0 bridgehead atoms. The lowest BCUT2D eigenvalue weighted by atomic mass is 10.1. The van der Waals surface area contributed by atoms with Gasteiger partial charge < -0.3 is 15.2 Å². The van der Waals surface area contributed by atoms with Crippen LogP contribution in [0.5, 0.6) is 0 Å². The van der Waals surface area contributed by atoms with Gasteiger partial charge >= 0.3 is 0 Å². The van der Waals surface area contributed by atoms with E-state index >= 15 is 0 Å². The summed E-state index contributed by atoms with van der Waals surface area (Å²) in [5.74, 6) is 1.53. The Morgan fingerprint density at radius 3 is 2.73 bits per heavy atom. The van der Waals surface area contributed by atoms with Gasteiger partial charge in [-0.25, -0.2) is 9.97 Å². The van der Waals surface area contributed by atoms with Gasteiger partial charge in [0.1, 0.15) is 11.6 Å². The molecule has 3 heterocycles. The van der Waals surface area contributed by atoms with Gasteiger partial charge in [-0.2, -0.15) is 0 Å². The van der Waals surface area contributed by atoms with E-state index < -0.39 is 0 Å². The highest BCUT2D eigenvalue weighted by Gasteiger charge is 2.25. The molecule has 2 N–H and O–H groups in total. The number of likely N-dealkylation sites (tertiary alicyclic amines) is 1. The van der Waals surface area contributed by atoms with E-state index in [0.29, 0.717) is 21.4 Å². The molecular weight excluding hydrogens is 507 g/mol. The number of carbonyl (C=O) groups excluding carboxylic acids is 1. The maximum atomic E-state index is 13.1. The highest BCUT2D eigenvalue weighted by atomic mass is 35.5. The second-order valence-electron chi connectivity index (χ2n) is 10.1. The average molecular weight is 537 g/mol. The van der Waals surface area contributed by atoms with Gasteiger partial charge in [0.25, 0.3) is 5.91 Å². The molecule has 0 spiro atoms. The predicted octanol–water partition coefficient (Wildman–Crippen LogP) is 5.67. The molecule has 1 aliphatic carbocycles. The first-order valence-corrected chi connectivity index (χ1v) is 13.8. The van der Waals surface area contributed by atoms with Crippen molar-refractivity contribution in [3.8, 4) is 5.69 Å². The van der Waals surface area contributed by atoms with E-state index in [1.807, 2.05) is 31.2 Å². The molecule has 37 heavy (non-hydrogen) atoms. The number of imidazole rings is 2. The van der Waals surface area contributed by atoms with Crippen LogP contribution in [0, 0.1) is 0 Å². The lowest BCUT2D eigenvalue weighted by molar-refractivity contribution is 0.0938. The number of hydrogen-bond donors (Lipinski definition) is 2. The van der Waals surface area contributed by atoms with Crippen LogP contribution in [0.4, 0.5) is 0 Å². The Hall–Kier alpha value is -2.87. The normalized spacial score (nSPS) is 16.4. The Morgan fingerprint density at radius 2 is 1.92 bits per heavy atom. The number of H-pyrrole nitrogens is 1. The fourth-order valence-electron chi connectivity index (χ4n) is 5.54. The summed E-state index contributed by atoms with van der Waals surface area (Å²) in [5, 5.41) is 4.21. The third-order valence-corrected chi connectivity index (χ3v) is 8.01. The van der Waals surface area contributed by atoms with Crippen LogP contribution in [0.3, 0.4) is 0 Å². The molecule has 0 unspecified atom stereocenters. The summed E-state index contributed by atoms with van der Waals surface area (Å²) in [4.78, 5) is 28.4. The van der Waals surface area contributed by atoms with E-state index in [9.17, 15) is 4.79 Å². The number of fused-ring (bicyclic) bond motifs is 2. The topological polar surface area (TPSA) is 78.8 Å². The van der Waals surface area contributed by atoms with Gasteiger partial charge in [0.05, 0.1) is 33.5 Å². The summed E-state index contributed by atoms with van der Waals surface area (Å²) in [6, 6.07) is 10.7. The number of rotatable bonds is 7. The fourth-order valence-corrected chi connectivity index (χ4v) is 5.97. The van der Waals surface area contributed by atoms with Crippen LogP contribution in [0.1, 0.15) is 65.6 Å². The average Bonchev–Trinajstić information content (AvgIpc) is 3.66. The highest BCUT2D eigenvalue weighted by molar-refractivity contribution is 6.32. The molecule has 2 aliphatic rings. The predicted molar refractivity (Wildman–Crippen MR) is 147 cm³/mol. The smallest absolute Gasteiger partial charge is 0.251 e. The number of amides is 1. The van der Waals surface area contributed by atoms with Gasteiger partial charge in [-0.3, -0.25) is 9.36 Å². The minimum absolute atomic E-state index is 0.204. The first-order valence-electron chi connectivity index (χ1n) is 13.0. The maximum Gasteiger partial charge on any atom is 0.251 e. The quantitative estimate of drug-likeness (QED) is 0.318. The SMILES string of the molecule is C[C@H](NC(=O)c1ccc(-n2c(CCN3CCCC3)nc3c2CCC3)c(Cl)c1)c1nc2ccc(Cl)cc2[nH]1. The largest absolute Gasteiger partial charge is 0.342 e. The van der Waals surface area contributed by atoms with Crippen molar-refractivity contribution < 1.29 is 4.79 Å². The standard InChI is InChI=1S/C28H30Cl2N6O/c1-17(27-33-21-9-8-19(29)16-23(21)34-27)31-28(37)18-7-10-24(20(30)15-18)36-25-6-4-5-22(25)32-26(36)11-14-35-12-2-3-13-35/h7-10,15-17H,2-6,11-14H2,1H3,(H,31,37)(H,33,34)/t17-/m0/s1. The van der Waals surface area contributed by atoms with Crippen molar-refractivity contribution in [3.63, 3.8) is 0 Å². The number of hydrogen-bond acceptors (Lipinski definition) is 4. The van der Waals surface area contributed by atoms with Gasteiger partial charge in [0.15, 0.2) is 0 Å². The van der Waals surface area contributed by atoms with Crippen LogP contribution >= 0.6 is 23.2 Å². The van der Waals surface area contributed by atoms with Crippen LogP contribution in [0.2, 0.25) is 10.0 Å². The molecule has 9 heteroatoms. The van der Waals surface area contributed by atoms with Crippen LogP contribution in [-0.4, -0.2) is 50.0 Å². The zero-order valence-corrected chi connectivity index (χ0v) is 22.4. The number of aromatic nitrogens is 4. The van der Waals surface area contributed by atoms with Crippen molar-refractivity contribution >= 4 is 40.1 Å². The summed E-state index contributed by atoms with van der Waals surface area (Å²) in [7, 11) is 0. The number of halogens is 2. The van der Waals surface area contributed by atoms with Gasteiger partial charge in [0, 0.05) is 29.2 Å². The van der Waals surface area contributed by atoms with Crippen molar-refractivity contribution in [1.29, 1.82) is 0 Å². The molecule has 1 amide bonds. The number of nitrogens with one attached hydrogen (secondary N) is 2. The van der Waals surface area contributed by atoms with Crippen molar-refractivity contribution in [2.24, 2.45) is 0 Å². The minimum atomic E-state index is -0.314. The van der Waals surface area contributed by atoms with E-state index in [-0.39, 0.29) is 11.9 Å². The number of nitrogens with zero attached hydrogens (tertiary/aromatic N) is 4. The summed E-state index contributed by atoms with van der Waals surface area (Å²) in [6.45, 7) is 5.25. The first kappa shape index (κ1) is 24.5. The molecule has 7 nitrogen and oxygen atoms in total. The number of aromatic amines is 1. The Bertz CT molecular complexity index is 1470. The van der Waals surface area contributed by atoms with Gasteiger partial charge in [0.2, 0.25) is 0 Å². The zero-order valence-electron chi connectivity index (χ0n) is 20.9. The first-order chi connectivity index (χ1) is 18.0.